The molecule has 3 heteroatoms. The lowest BCUT2D eigenvalue weighted by Crippen LogP contribution is -2.36. The highest BCUT2D eigenvalue weighted by Gasteiger charge is 2.39. The van der Waals surface area contributed by atoms with Crippen LogP contribution in [0.4, 0.5) is 0 Å². The van der Waals surface area contributed by atoms with Crippen LogP contribution in [0.15, 0.2) is 6.20 Å². The van der Waals surface area contributed by atoms with Crippen LogP contribution in [-0.4, -0.2) is 16.7 Å². The molecule has 1 aromatic rings. The van der Waals surface area contributed by atoms with E-state index in [1.807, 2.05) is 13.1 Å². The highest BCUT2D eigenvalue weighted by atomic mass is 32.1. The van der Waals surface area contributed by atoms with Crippen LogP contribution in [0.2, 0.25) is 0 Å². The number of aliphatic hydroxyl groups is 1. The molecule has 0 aromatic carbocycles. The Morgan fingerprint density at radius 3 is 2.75 bits per heavy atom. The van der Waals surface area contributed by atoms with E-state index in [9.17, 15) is 5.11 Å². The van der Waals surface area contributed by atoms with Crippen molar-refractivity contribution in [3.63, 3.8) is 0 Å². The van der Waals surface area contributed by atoms with Crippen LogP contribution in [0, 0.1) is 6.92 Å². The Kier molecular flexibility index (Phi) is 1.93. The van der Waals surface area contributed by atoms with Gasteiger partial charge >= 0.3 is 0 Å². The van der Waals surface area contributed by atoms with E-state index in [4.69, 9.17) is 0 Å². The molecule has 1 fully saturated rings. The summed E-state index contributed by atoms with van der Waals surface area (Å²) in [6.45, 7) is 2.30. The molecule has 0 amide bonds. The molecule has 1 aliphatic carbocycles. The summed E-state index contributed by atoms with van der Waals surface area (Å²) >= 11 is 1.72. The molecule has 0 aliphatic heterocycles. The van der Waals surface area contributed by atoms with Crippen LogP contribution in [-0.2, 0) is 5.41 Å². The van der Waals surface area contributed by atoms with Crippen molar-refractivity contribution in [1.29, 1.82) is 0 Å². The summed E-state index contributed by atoms with van der Waals surface area (Å²) in [5.74, 6) is 0. The summed E-state index contributed by atoms with van der Waals surface area (Å²) in [7, 11) is 0. The summed E-state index contributed by atoms with van der Waals surface area (Å²) in [6.07, 6.45) is 5.43. The number of aryl methyl sites for hydroxylation is 1. The highest BCUT2D eigenvalue weighted by Crippen LogP contribution is 2.45. The zero-order valence-electron chi connectivity index (χ0n) is 7.21. The Morgan fingerprint density at radius 1 is 1.67 bits per heavy atom. The van der Waals surface area contributed by atoms with E-state index < -0.39 is 0 Å². The average molecular weight is 183 g/mol. The fourth-order valence-electron chi connectivity index (χ4n) is 1.69. The molecule has 1 saturated carbocycles. The van der Waals surface area contributed by atoms with E-state index in [1.165, 1.54) is 11.3 Å². The first-order chi connectivity index (χ1) is 5.77. The minimum absolute atomic E-state index is 0.0892. The zero-order chi connectivity index (χ0) is 8.60. The second-order valence-corrected chi connectivity index (χ2v) is 4.77. The SMILES string of the molecule is Cc1ncc(C2(CO)CCC2)s1. The lowest BCUT2D eigenvalue weighted by Gasteiger charge is -2.39. The Bertz CT molecular complexity index is 272. The lowest BCUT2D eigenvalue weighted by molar-refractivity contribution is 0.123. The van der Waals surface area contributed by atoms with E-state index >= 15 is 0 Å². The Morgan fingerprint density at radius 2 is 2.42 bits per heavy atom. The van der Waals surface area contributed by atoms with E-state index in [1.54, 1.807) is 11.3 Å². The van der Waals surface area contributed by atoms with Gasteiger partial charge in [-0.2, -0.15) is 0 Å². The van der Waals surface area contributed by atoms with E-state index in [-0.39, 0.29) is 12.0 Å². The number of rotatable bonds is 2. The summed E-state index contributed by atoms with van der Waals surface area (Å²) in [6, 6.07) is 0. The van der Waals surface area contributed by atoms with Gasteiger partial charge in [0.05, 0.1) is 11.6 Å². The molecule has 1 aliphatic rings. The first-order valence-electron chi connectivity index (χ1n) is 4.31. The topological polar surface area (TPSA) is 33.1 Å². The van der Waals surface area contributed by atoms with Crippen LogP contribution < -0.4 is 0 Å². The molecule has 0 bridgehead atoms. The van der Waals surface area contributed by atoms with Crippen molar-refractivity contribution in [3.05, 3.63) is 16.1 Å². The van der Waals surface area contributed by atoms with Gasteiger partial charge in [0.25, 0.3) is 0 Å². The van der Waals surface area contributed by atoms with Gasteiger partial charge in [-0.3, -0.25) is 0 Å². The van der Waals surface area contributed by atoms with Crippen molar-refractivity contribution < 1.29 is 5.11 Å². The van der Waals surface area contributed by atoms with Crippen molar-refractivity contribution >= 4 is 11.3 Å². The third-order valence-corrected chi connectivity index (χ3v) is 3.92. The third-order valence-electron chi connectivity index (χ3n) is 2.76. The van der Waals surface area contributed by atoms with Crippen molar-refractivity contribution in [2.75, 3.05) is 6.61 Å². The van der Waals surface area contributed by atoms with E-state index in [0.29, 0.717) is 0 Å². The summed E-state index contributed by atoms with van der Waals surface area (Å²) in [4.78, 5) is 5.49. The molecule has 0 saturated heterocycles. The van der Waals surface area contributed by atoms with Crippen LogP contribution >= 0.6 is 11.3 Å². The third kappa shape index (κ3) is 1.08. The second kappa shape index (κ2) is 2.82. The minimum Gasteiger partial charge on any atom is -0.395 e. The molecule has 66 valence electrons. The normalized spacial score (nSPS) is 20.5. The van der Waals surface area contributed by atoms with Crippen molar-refractivity contribution in [3.8, 4) is 0 Å². The quantitative estimate of drug-likeness (QED) is 0.759. The number of hydrogen-bond acceptors (Lipinski definition) is 3. The number of nitrogens with zero attached hydrogens (tertiary/aromatic N) is 1. The fraction of sp³-hybridized carbons (Fsp3) is 0.667. The van der Waals surface area contributed by atoms with Gasteiger partial charge in [-0.25, -0.2) is 4.98 Å². The highest BCUT2D eigenvalue weighted by molar-refractivity contribution is 7.11. The maximum Gasteiger partial charge on any atom is 0.0896 e. The summed E-state index contributed by atoms with van der Waals surface area (Å²) < 4.78 is 0. The maximum absolute atomic E-state index is 9.28. The van der Waals surface area contributed by atoms with E-state index in [2.05, 4.69) is 4.98 Å². The number of hydrogen-bond donors (Lipinski definition) is 1. The first-order valence-corrected chi connectivity index (χ1v) is 5.12. The molecule has 1 heterocycles. The largest absolute Gasteiger partial charge is 0.395 e. The van der Waals surface area contributed by atoms with Gasteiger partial charge in [0, 0.05) is 16.5 Å². The Balaban J connectivity index is 2.27. The first kappa shape index (κ1) is 8.20. The maximum atomic E-state index is 9.28. The molecule has 0 radical (unpaired) electrons. The predicted octanol–water partition coefficient (Wildman–Crippen LogP) is 1.87. The van der Waals surface area contributed by atoms with Gasteiger partial charge in [0.15, 0.2) is 0 Å². The molecule has 0 unspecified atom stereocenters. The van der Waals surface area contributed by atoms with Crippen molar-refractivity contribution in [1.82, 2.24) is 4.98 Å². The lowest BCUT2D eigenvalue weighted by atomic mass is 9.69. The molecule has 0 spiro atoms. The second-order valence-electron chi connectivity index (χ2n) is 3.54. The number of thiazole rings is 1. The van der Waals surface area contributed by atoms with Crippen LogP contribution in [0.5, 0.6) is 0 Å². The molecule has 2 nitrogen and oxygen atoms in total. The molecule has 2 rings (SSSR count). The van der Waals surface area contributed by atoms with Crippen LogP contribution in [0.1, 0.15) is 29.1 Å². The smallest absolute Gasteiger partial charge is 0.0896 e. The standard InChI is InChI=1S/C9H13NOS/c1-7-10-5-8(12-7)9(6-11)3-2-4-9/h5,11H,2-4,6H2,1H3. The van der Waals surface area contributed by atoms with Gasteiger partial charge in [0.2, 0.25) is 0 Å². The molecule has 1 aromatic heterocycles. The molecule has 0 atom stereocenters. The van der Waals surface area contributed by atoms with Gasteiger partial charge in [-0.05, 0) is 19.8 Å². The Hall–Kier alpha value is -0.410. The number of aliphatic hydroxyl groups excluding tert-OH is 1. The van der Waals surface area contributed by atoms with E-state index in [0.717, 1.165) is 17.8 Å². The van der Waals surface area contributed by atoms with Gasteiger partial charge < -0.3 is 5.11 Å². The molecular weight excluding hydrogens is 170 g/mol. The summed E-state index contributed by atoms with van der Waals surface area (Å²) in [5, 5.41) is 10.4. The molecule has 1 N–H and O–H groups in total. The van der Waals surface area contributed by atoms with Crippen molar-refractivity contribution in [2.24, 2.45) is 0 Å². The fourth-order valence-corrected chi connectivity index (χ4v) is 2.71. The predicted molar refractivity (Wildman–Crippen MR) is 49.5 cm³/mol. The van der Waals surface area contributed by atoms with Gasteiger partial charge in [-0.15, -0.1) is 11.3 Å². The van der Waals surface area contributed by atoms with Crippen LogP contribution in [0.25, 0.3) is 0 Å². The van der Waals surface area contributed by atoms with Crippen LogP contribution in [0.3, 0.4) is 0 Å². The number of aromatic nitrogens is 1. The molecule has 12 heavy (non-hydrogen) atoms. The zero-order valence-corrected chi connectivity index (χ0v) is 8.02. The summed E-state index contributed by atoms with van der Waals surface area (Å²) in [5.41, 5.74) is 0.0892. The van der Waals surface area contributed by atoms with Gasteiger partial charge in [0.1, 0.15) is 0 Å². The molecular formula is C9H13NOS. The van der Waals surface area contributed by atoms with Gasteiger partial charge in [-0.1, -0.05) is 6.42 Å². The monoisotopic (exact) mass is 183 g/mol. The van der Waals surface area contributed by atoms with Crippen molar-refractivity contribution in [2.45, 2.75) is 31.6 Å². The Labute approximate surface area is 76.3 Å². The minimum atomic E-state index is 0.0892. The average Bonchev–Trinajstić information content (AvgIpc) is 2.35.